The first-order valence-corrected chi connectivity index (χ1v) is 9.16. The average Bonchev–Trinajstić information content (AvgIpc) is 3.06. The van der Waals surface area contributed by atoms with Gasteiger partial charge in [0.25, 0.3) is 0 Å². The molecule has 6 nitrogen and oxygen atoms in total. The van der Waals surface area contributed by atoms with Gasteiger partial charge in [0.2, 0.25) is 11.8 Å². The maximum Gasteiger partial charge on any atom is 0.221 e. The van der Waals surface area contributed by atoms with Crippen LogP contribution in [0.4, 0.5) is 15.8 Å². The summed E-state index contributed by atoms with van der Waals surface area (Å²) in [6.45, 7) is 14.9. The molecule has 1 aromatic heterocycles. The molecule has 0 saturated heterocycles. The van der Waals surface area contributed by atoms with Crippen LogP contribution in [-0.2, 0) is 16.6 Å². The Morgan fingerprint density at radius 1 is 0.852 bits per heavy atom. The first kappa shape index (κ1) is 29.1. The zero-order valence-corrected chi connectivity index (χ0v) is 18.1. The maximum atomic E-state index is 12.3. The number of hydrogen-bond donors (Lipinski definition) is 2. The fraction of sp³-hybridized carbons (Fsp3) is 0.450. The fourth-order valence-corrected chi connectivity index (χ4v) is 1.43. The van der Waals surface area contributed by atoms with Gasteiger partial charge in [-0.05, 0) is 24.3 Å². The second-order valence-electron chi connectivity index (χ2n) is 4.27. The highest BCUT2D eigenvalue weighted by atomic mass is 19.1. The molecule has 0 saturated carbocycles. The molecule has 0 atom stereocenters. The predicted molar refractivity (Wildman–Crippen MR) is 112 cm³/mol. The molecule has 2 N–H and O–H groups in total. The third-order valence-corrected chi connectivity index (χ3v) is 2.19. The summed E-state index contributed by atoms with van der Waals surface area (Å²) >= 11 is 0. The van der Waals surface area contributed by atoms with Gasteiger partial charge in [-0.3, -0.25) is 14.3 Å². The lowest BCUT2D eigenvalue weighted by Crippen LogP contribution is -2.05. The van der Waals surface area contributed by atoms with Crippen LogP contribution in [0.2, 0.25) is 0 Å². The number of aromatic nitrogens is 2. The summed E-state index contributed by atoms with van der Waals surface area (Å²) in [5, 5.41) is 9.00. The third kappa shape index (κ3) is 17.9. The third-order valence-electron chi connectivity index (χ3n) is 2.19. The normalized spacial score (nSPS) is 7.93. The van der Waals surface area contributed by atoms with Crippen molar-refractivity contribution in [1.82, 2.24) is 9.78 Å². The number of nitrogens with one attached hydrogen (secondary N) is 2. The second kappa shape index (κ2) is 19.6. The monoisotopic (exact) mass is 382 g/mol. The molecule has 0 aliphatic rings. The minimum Gasteiger partial charge on any atom is -0.326 e. The Kier molecular flexibility index (Phi) is 21.1. The molecule has 2 rings (SSSR count). The van der Waals surface area contributed by atoms with E-state index < -0.39 is 0 Å². The number of nitrogens with zero attached hydrogens (tertiary/aromatic N) is 2. The fourth-order valence-electron chi connectivity index (χ4n) is 1.43. The summed E-state index contributed by atoms with van der Waals surface area (Å²) in [5.41, 5.74) is 1.34. The zero-order chi connectivity index (χ0) is 21.8. The smallest absolute Gasteiger partial charge is 0.221 e. The molecule has 1 aromatic carbocycles. The van der Waals surface area contributed by atoms with Gasteiger partial charge < -0.3 is 10.6 Å². The van der Waals surface area contributed by atoms with E-state index in [0.29, 0.717) is 5.69 Å². The first-order chi connectivity index (χ1) is 12.9. The second-order valence-corrected chi connectivity index (χ2v) is 4.27. The Balaban J connectivity index is -0.000000335. The number of carbonyl (C=O) groups is 2. The van der Waals surface area contributed by atoms with Crippen LogP contribution < -0.4 is 10.6 Å². The van der Waals surface area contributed by atoms with Crippen LogP contribution in [0.1, 0.15) is 55.4 Å². The van der Waals surface area contributed by atoms with Crippen molar-refractivity contribution in [1.29, 1.82) is 0 Å². The van der Waals surface area contributed by atoms with Crippen molar-refractivity contribution in [2.24, 2.45) is 7.05 Å². The van der Waals surface area contributed by atoms with Crippen molar-refractivity contribution in [2.45, 2.75) is 55.4 Å². The molecule has 1 heterocycles. The van der Waals surface area contributed by atoms with Crippen molar-refractivity contribution in [3.8, 4) is 0 Å². The number of halogens is 1. The van der Waals surface area contributed by atoms with E-state index in [1.54, 1.807) is 24.1 Å². The number of anilines is 2. The Labute approximate surface area is 163 Å². The van der Waals surface area contributed by atoms with E-state index in [9.17, 15) is 14.0 Å². The van der Waals surface area contributed by atoms with E-state index in [1.165, 1.54) is 38.1 Å². The topological polar surface area (TPSA) is 76.0 Å². The highest BCUT2D eigenvalue weighted by Gasteiger charge is 1.95. The van der Waals surface area contributed by atoms with Crippen LogP contribution in [0, 0.1) is 5.82 Å². The number of amides is 2. The zero-order valence-electron chi connectivity index (χ0n) is 18.1. The molecule has 0 aliphatic carbocycles. The van der Waals surface area contributed by atoms with Gasteiger partial charge in [-0.1, -0.05) is 41.5 Å². The lowest BCUT2D eigenvalue weighted by atomic mass is 10.3. The van der Waals surface area contributed by atoms with Crippen LogP contribution in [0.25, 0.3) is 0 Å². The Morgan fingerprint density at radius 2 is 1.26 bits per heavy atom. The van der Waals surface area contributed by atoms with Crippen molar-refractivity contribution >= 4 is 23.2 Å². The molecule has 2 amide bonds. The molecule has 27 heavy (non-hydrogen) atoms. The molecule has 0 bridgehead atoms. The van der Waals surface area contributed by atoms with Crippen molar-refractivity contribution in [2.75, 3.05) is 10.6 Å². The van der Waals surface area contributed by atoms with E-state index in [-0.39, 0.29) is 17.6 Å². The molecule has 2 aromatic rings. The Morgan fingerprint density at radius 3 is 1.59 bits per heavy atom. The standard InChI is InChI=1S/C8H8FNO.C6H9N3O.3C2H6/c1-6(11)10-8-4-2-7(9)3-5-8;1-5(10)8-6-3-7-9(2)4-6;3*1-2/h2-5H,1H3,(H,10,11);3-4H,1-2H3,(H,8,10);3*1-2H3. The Bertz CT molecular complexity index is 611. The van der Waals surface area contributed by atoms with Gasteiger partial charge in [-0.25, -0.2) is 4.39 Å². The van der Waals surface area contributed by atoms with E-state index in [0.717, 1.165) is 5.69 Å². The summed E-state index contributed by atoms with van der Waals surface area (Å²) < 4.78 is 13.9. The van der Waals surface area contributed by atoms with Gasteiger partial charge in [-0.2, -0.15) is 5.10 Å². The highest BCUT2D eigenvalue weighted by Crippen LogP contribution is 2.07. The van der Waals surface area contributed by atoms with Crippen molar-refractivity contribution in [3.05, 3.63) is 42.5 Å². The van der Waals surface area contributed by atoms with Gasteiger partial charge >= 0.3 is 0 Å². The molecule has 0 aliphatic heterocycles. The molecule has 0 spiro atoms. The van der Waals surface area contributed by atoms with Crippen LogP contribution in [-0.4, -0.2) is 21.6 Å². The molecular formula is C20H35FN4O2. The van der Waals surface area contributed by atoms with E-state index in [1.807, 2.05) is 41.5 Å². The van der Waals surface area contributed by atoms with Crippen molar-refractivity contribution in [3.63, 3.8) is 0 Å². The maximum absolute atomic E-state index is 12.3. The lowest BCUT2D eigenvalue weighted by molar-refractivity contribution is -0.115. The first-order valence-electron chi connectivity index (χ1n) is 9.16. The molecule has 7 heteroatoms. The van der Waals surface area contributed by atoms with Gasteiger partial charge in [0.1, 0.15) is 5.82 Å². The summed E-state index contributed by atoms with van der Waals surface area (Å²) in [6.07, 6.45) is 3.34. The summed E-state index contributed by atoms with van der Waals surface area (Å²) in [4.78, 5) is 21.0. The predicted octanol–water partition coefficient (Wildman–Crippen LogP) is 5.24. The quantitative estimate of drug-likeness (QED) is 0.745. The van der Waals surface area contributed by atoms with Crippen LogP contribution in [0.15, 0.2) is 36.7 Å². The number of aryl methyl sites for hydroxylation is 1. The van der Waals surface area contributed by atoms with Crippen LogP contribution in [0.5, 0.6) is 0 Å². The average molecular weight is 383 g/mol. The van der Waals surface area contributed by atoms with Crippen LogP contribution >= 0.6 is 0 Å². The lowest BCUT2D eigenvalue weighted by Gasteiger charge is -1.99. The summed E-state index contributed by atoms with van der Waals surface area (Å²) in [6, 6.07) is 5.62. The highest BCUT2D eigenvalue weighted by molar-refractivity contribution is 5.88. The summed E-state index contributed by atoms with van der Waals surface area (Å²) in [7, 11) is 1.80. The molecule has 0 unspecified atom stereocenters. The number of carbonyl (C=O) groups excluding carboxylic acids is 2. The van der Waals surface area contributed by atoms with Crippen LogP contribution in [0.3, 0.4) is 0 Å². The molecule has 0 radical (unpaired) electrons. The summed E-state index contributed by atoms with van der Waals surface area (Å²) in [5.74, 6) is -0.538. The van der Waals surface area contributed by atoms with Gasteiger partial charge in [0, 0.05) is 32.8 Å². The number of hydrogen-bond acceptors (Lipinski definition) is 3. The minimum atomic E-state index is -0.306. The largest absolute Gasteiger partial charge is 0.326 e. The molecule has 154 valence electrons. The Hall–Kier alpha value is -2.70. The van der Waals surface area contributed by atoms with Gasteiger partial charge in [0.05, 0.1) is 11.9 Å². The SMILES string of the molecule is CC.CC.CC.CC(=O)Nc1ccc(F)cc1.CC(=O)Nc1cnn(C)c1. The number of rotatable bonds is 2. The molecular weight excluding hydrogens is 347 g/mol. The van der Waals surface area contributed by atoms with E-state index in [2.05, 4.69) is 15.7 Å². The number of benzene rings is 1. The van der Waals surface area contributed by atoms with Gasteiger partial charge in [0.15, 0.2) is 0 Å². The minimum absolute atomic E-state index is 0.0759. The molecule has 0 fully saturated rings. The van der Waals surface area contributed by atoms with Crippen molar-refractivity contribution < 1.29 is 14.0 Å². The van der Waals surface area contributed by atoms with Gasteiger partial charge in [-0.15, -0.1) is 0 Å². The van der Waals surface area contributed by atoms with E-state index >= 15 is 0 Å². The van der Waals surface area contributed by atoms with E-state index in [4.69, 9.17) is 0 Å².